The van der Waals surface area contributed by atoms with Crippen LogP contribution in [0.15, 0.2) is 18.2 Å². The van der Waals surface area contributed by atoms with E-state index >= 15 is 0 Å². The molecule has 1 aromatic rings. The van der Waals surface area contributed by atoms with Gasteiger partial charge in [0.15, 0.2) is 23.1 Å². The van der Waals surface area contributed by atoms with Gasteiger partial charge in [-0.2, -0.15) is 0 Å². The molecule has 0 unspecified atom stereocenters. The molecule has 7 nitrogen and oxygen atoms in total. The Kier molecular flexibility index (Phi) is 5.31. The highest BCUT2D eigenvalue weighted by atomic mass is 32.2. The van der Waals surface area contributed by atoms with E-state index in [1.165, 1.54) is 11.1 Å². The summed E-state index contributed by atoms with van der Waals surface area (Å²) in [5, 5.41) is 0. The minimum atomic E-state index is -3.08. The number of rotatable bonds is 7. The number of sulfone groups is 1. The van der Waals surface area contributed by atoms with Gasteiger partial charge >= 0.3 is 5.97 Å². The Balaban J connectivity index is 1.26. The Morgan fingerprint density at radius 2 is 1.82 bits per heavy atom. The molecule has 152 valence electrons. The molecule has 1 atom stereocenters. The first-order valence-electron chi connectivity index (χ1n) is 9.83. The molecule has 28 heavy (non-hydrogen) atoms. The van der Waals surface area contributed by atoms with Crippen LogP contribution in [0.1, 0.15) is 36.8 Å². The van der Waals surface area contributed by atoms with Crippen LogP contribution in [-0.4, -0.2) is 62.0 Å². The lowest BCUT2D eigenvalue weighted by Gasteiger charge is -2.28. The standard InChI is InChI=1S/C20H25NO6S/c22-19(21(16-5-6-16)17-8-9-28(24,25)13-17)11-27-20(23)12-26-18-7-4-14-2-1-3-15(14)10-18/h4,7,10,16-17H,1-3,5-6,8-9,11-13H2/t17-/m0/s1. The molecule has 1 amide bonds. The number of ether oxygens (including phenoxy) is 2. The summed E-state index contributed by atoms with van der Waals surface area (Å²) in [5.41, 5.74) is 2.59. The smallest absolute Gasteiger partial charge is 0.344 e. The third-order valence-electron chi connectivity index (χ3n) is 5.61. The normalized spacial score (nSPS) is 22.5. The van der Waals surface area contributed by atoms with Crippen molar-refractivity contribution in [2.45, 2.75) is 50.6 Å². The zero-order valence-corrected chi connectivity index (χ0v) is 16.6. The SMILES string of the molecule is O=C(COc1ccc2c(c1)CCC2)OCC(=O)N(C1CC1)[C@H]1CCS(=O)(=O)C1. The number of carbonyl (C=O) groups excluding carboxylic acids is 2. The van der Waals surface area contributed by atoms with Gasteiger partial charge in [0.2, 0.25) is 0 Å². The van der Waals surface area contributed by atoms with Crippen molar-refractivity contribution in [3.63, 3.8) is 0 Å². The van der Waals surface area contributed by atoms with Crippen molar-refractivity contribution in [1.82, 2.24) is 4.90 Å². The Morgan fingerprint density at radius 1 is 1.04 bits per heavy atom. The molecule has 0 radical (unpaired) electrons. The molecule has 1 aromatic carbocycles. The van der Waals surface area contributed by atoms with Crippen molar-refractivity contribution in [2.75, 3.05) is 24.7 Å². The number of esters is 1. The first kappa shape index (κ1) is 19.2. The van der Waals surface area contributed by atoms with Crippen LogP contribution < -0.4 is 4.74 Å². The van der Waals surface area contributed by atoms with Crippen LogP contribution in [0.2, 0.25) is 0 Å². The summed E-state index contributed by atoms with van der Waals surface area (Å²) < 4.78 is 34.0. The van der Waals surface area contributed by atoms with Crippen molar-refractivity contribution < 1.29 is 27.5 Å². The largest absolute Gasteiger partial charge is 0.482 e. The lowest BCUT2D eigenvalue weighted by atomic mass is 10.1. The second kappa shape index (κ2) is 7.73. The zero-order valence-electron chi connectivity index (χ0n) is 15.8. The van der Waals surface area contributed by atoms with E-state index < -0.39 is 15.8 Å². The van der Waals surface area contributed by atoms with Crippen LogP contribution in [0, 0.1) is 0 Å². The molecule has 0 aromatic heterocycles. The molecule has 1 saturated carbocycles. The number of carbonyl (C=O) groups is 2. The van der Waals surface area contributed by atoms with Crippen molar-refractivity contribution in [3.8, 4) is 5.75 Å². The number of amides is 1. The van der Waals surface area contributed by atoms with Crippen LogP contribution in [0.4, 0.5) is 0 Å². The Hall–Kier alpha value is -2.09. The fraction of sp³-hybridized carbons (Fsp3) is 0.600. The molecular formula is C20H25NO6S. The second-order valence-corrected chi connectivity index (χ2v) is 10.1. The highest BCUT2D eigenvalue weighted by Gasteiger charge is 2.42. The average Bonchev–Trinajstić information content (AvgIpc) is 3.26. The number of fused-ring (bicyclic) bond motifs is 1. The first-order chi connectivity index (χ1) is 13.4. The minimum absolute atomic E-state index is 0.00459. The Bertz CT molecular complexity index is 877. The van der Waals surface area contributed by atoms with E-state index in [1.54, 1.807) is 4.90 Å². The number of hydrogen-bond acceptors (Lipinski definition) is 6. The second-order valence-electron chi connectivity index (χ2n) is 7.82. The lowest BCUT2D eigenvalue weighted by Crippen LogP contribution is -2.45. The summed E-state index contributed by atoms with van der Waals surface area (Å²) in [5.74, 6) is -0.188. The molecule has 1 heterocycles. The van der Waals surface area contributed by atoms with Gasteiger partial charge in [0.05, 0.1) is 11.5 Å². The summed E-state index contributed by atoms with van der Waals surface area (Å²) >= 11 is 0. The van der Waals surface area contributed by atoms with E-state index in [2.05, 4.69) is 0 Å². The van der Waals surface area contributed by atoms with Gasteiger partial charge in [0.25, 0.3) is 5.91 Å². The zero-order chi connectivity index (χ0) is 19.7. The van der Waals surface area contributed by atoms with Crippen LogP contribution in [0.3, 0.4) is 0 Å². The van der Waals surface area contributed by atoms with E-state index in [0.717, 1.165) is 32.1 Å². The number of aryl methyl sites for hydroxylation is 2. The summed E-state index contributed by atoms with van der Waals surface area (Å²) in [7, 11) is -3.08. The lowest BCUT2D eigenvalue weighted by molar-refractivity contribution is -0.154. The van der Waals surface area contributed by atoms with E-state index in [4.69, 9.17) is 9.47 Å². The van der Waals surface area contributed by atoms with E-state index in [1.807, 2.05) is 18.2 Å². The number of benzene rings is 1. The van der Waals surface area contributed by atoms with E-state index in [0.29, 0.717) is 12.2 Å². The third-order valence-corrected chi connectivity index (χ3v) is 7.36. The van der Waals surface area contributed by atoms with Gasteiger partial charge in [0, 0.05) is 12.1 Å². The van der Waals surface area contributed by atoms with E-state index in [-0.39, 0.29) is 42.7 Å². The summed E-state index contributed by atoms with van der Waals surface area (Å²) in [6.07, 6.45) is 5.46. The van der Waals surface area contributed by atoms with Gasteiger partial charge in [-0.3, -0.25) is 4.79 Å². The van der Waals surface area contributed by atoms with Gasteiger partial charge in [-0.25, -0.2) is 13.2 Å². The maximum atomic E-state index is 12.5. The molecule has 1 saturated heterocycles. The van der Waals surface area contributed by atoms with Gasteiger partial charge in [-0.1, -0.05) is 6.07 Å². The van der Waals surface area contributed by atoms with Gasteiger partial charge in [-0.15, -0.1) is 0 Å². The number of hydrogen-bond donors (Lipinski definition) is 0. The third kappa shape index (κ3) is 4.48. The van der Waals surface area contributed by atoms with Gasteiger partial charge < -0.3 is 14.4 Å². The summed E-state index contributed by atoms with van der Waals surface area (Å²) in [4.78, 5) is 26.1. The van der Waals surface area contributed by atoms with Crippen molar-refractivity contribution in [2.24, 2.45) is 0 Å². The first-order valence-corrected chi connectivity index (χ1v) is 11.7. The van der Waals surface area contributed by atoms with Crippen LogP contribution in [0.5, 0.6) is 5.75 Å². The Morgan fingerprint density at radius 3 is 2.54 bits per heavy atom. The highest BCUT2D eigenvalue weighted by Crippen LogP contribution is 2.32. The predicted octanol–water partition coefficient (Wildman–Crippen LogP) is 1.28. The molecular weight excluding hydrogens is 382 g/mol. The molecule has 2 fully saturated rings. The molecule has 0 spiro atoms. The quantitative estimate of drug-likeness (QED) is 0.633. The van der Waals surface area contributed by atoms with Crippen molar-refractivity contribution in [1.29, 1.82) is 0 Å². The molecule has 0 bridgehead atoms. The fourth-order valence-corrected chi connectivity index (χ4v) is 5.80. The van der Waals surface area contributed by atoms with Gasteiger partial charge in [-0.05, 0) is 61.8 Å². The molecule has 2 aliphatic carbocycles. The molecule has 1 aliphatic heterocycles. The van der Waals surface area contributed by atoms with Crippen LogP contribution >= 0.6 is 0 Å². The molecule has 8 heteroatoms. The molecule has 4 rings (SSSR count). The topological polar surface area (TPSA) is 90.0 Å². The van der Waals surface area contributed by atoms with Gasteiger partial charge in [0.1, 0.15) is 5.75 Å². The summed E-state index contributed by atoms with van der Waals surface area (Å²) in [6.45, 7) is -0.632. The van der Waals surface area contributed by atoms with E-state index in [9.17, 15) is 18.0 Å². The van der Waals surface area contributed by atoms with Crippen LogP contribution in [0.25, 0.3) is 0 Å². The average molecular weight is 407 g/mol. The maximum Gasteiger partial charge on any atom is 0.344 e. The van der Waals surface area contributed by atoms with Crippen LogP contribution in [-0.2, 0) is 37.0 Å². The Labute approximate surface area is 164 Å². The van der Waals surface area contributed by atoms with Crippen molar-refractivity contribution >= 4 is 21.7 Å². The fourth-order valence-electron chi connectivity index (χ4n) is 4.09. The summed E-state index contributed by atoms with van der Waals surface area (Å²) in [6, 6.07) is 5.60. The maximum absolute atomic E-state index is 12.5. The molecule has 0 N–H and O–H groups in total. The number of nitrogens with zero attached hydrogens (tertiary/aromatic N) is 1. The highest BCUT2D eigenvalue weighted by molar-refractivity contribution is 7.91. The van der Waals surface area contributed by atoms with Crippen molar-refractivity contribution in [3.05, 3.63) is 29.3 Å². The predicted molar refractivity (Wildman–Crippen MR) is 102 cm³/mol. The monoisotopic (exact) mass is 407 g/mol. The minimum Gasteiger partial charge on any atom is -0.482 e. The molecule has 3 aliphatic rings.